The fraction of sp³-hybridized carbons (Fsp3) is 0.812. The number of ether oxygens (including phenoxy) is 1. The molecule has 116 valence electrons. The quantitative estimate of drug-likeness (QED) is 0.236. The third kappa shape index (κ3) is 8.20. The van der Waals surface area contributed by atoms with Crippen molar-refractivity contribution in [3.63, 3.8) is 0 Å². The monoisotopic (exact) mass is 281 g/mol. The van der Waals surface area contributed by atoms with E-state index in [2.05, 4.69) is 22.2 Å². The van der Waals surface area contributed by atoms with Gasteiger partial charge < -0.3 is 15.4 Å². The van der Waals surface area contributed by atoms with E-state index in [4.69, 9.17) is 4.74 Å². The maximum atomic E-state index is 5.97. The molecule has 2 N–H and O–H groups in total. The Kier molecular flexibility index (Phi) is 10.0. The van der Waals surface area contributed by atoms with Gasteiger partial charge in [0.05, 0.1) is 6.10 Å². The van der Waals surface area contributed by atoms with Gasteiger partial charge in [-0.3, -0.25) is 4.99 Å². The molecule has 0 aromatic heterocycles. The van der Waals surface area contributed by atoms with Crippen LogP contribution in [0.15, 0.2) is 17.6 Å². The first-order chi connectivity index (χ1) is 9.86. The first-order valence-corrected chi connectivity index (χ1v) is 8.04. The Morgan fingerprint density at radius 3 is 2.60 bits per heavy atom. The topological polar surface area (TPSA) is 45.7 Å². The lowest BCUT2D eigenvalue weighted by Gasteiger charge is -2.15. The van der Waals surface area contributed by atoms with Crippen LogP contribution in [-0.2, 0) is 4.74 Å². The van der Waals surface area contributed by atoms with Crippen LogP contribution in [0, 0.1) is 0 Å². The number of aliphatic imine (C=N–C) groups is 1. The van der Waals surface area contributed by atoms with Gasteiger partial charge in [0.25, 0.3) is 0 Å². The minimum Gasteiger partial charge on any atom is -0.378 e. The molecular formula is C16H31N3O. The lowest BCUT2D eigenvalue weighted by atomic mass is 10.1. The second-order valence-electron chi connectivity index (χ2n) is 5.36. The summed E-state index contributed by atoms with van der Waals surface area (Å²) >= 11 is 0. The van der Waals surface area contributed by atoms with Gasteiger partial charge in [-0.2, -0.15) is 0 Å². The Bertz CT molecular complexity index is 271. The second kappa shape index (κ2) is 11.8. The van der Waals surface area contributed by atoms with Gasteiger partial charge in [0.15, 0.2) is 5.96 Å². The molecule has 0 unspecified atom stereocenters. The molecule has 0 saturated heterocycles. The smallest absolute Gasteiger partial charge is 0.191 e. The zero-order chi connectivity index (χ0) is 14.5. The van der Waals surface area contributed by atoms with Crippen LogP contribution in [0.1, 0.15) is 51.4 Å². The third-order valence-electron chi connectivity index (χ3n) is 3.66. The molecule has 4 heteroatoms. The van der Waals surface area contributed by atoms with Crippen molar-refractivity contribution in [1.29, 1.82) is 0 Å². The second-order valence-corrected chi connectivity index (χ2v) is 5.36. The molecule has 1 aliphatic rings. The van der Waals surface area contributed by atoms with E-state index in [1.165, 1.54) is 38.5 Å². The molecule has 0 aliphatic heterocycles. The summed E-state index contributed by atoms with van der Waals surface area (Å²) in [7, 11) is 1.79. The molecule has 1 rings (SSSR count). The van der Waals surface area contributed by atoms with E-state index in [1.807, 2.05) is 6.08 Å². The SMILES string of the molecule is C=CCNC(=NC)NCCCCOC1CCCCCC1. The normalized spacial score (nSPS) is 17.6. The van der Waals surface area contributed by atoms with Crippen LogP contribution >= 0.6 is 0 Å². The van der Waals surface area contributed by atoms with Crippen LogP contribution in [-0.4, -0.2) is 38.8 Å². The fourth-order valence-electron chi connectivity index (χ4n) is 2.48. The minimum absolute atomic E-state index is 0.521. The van der Waals surface area contributed by atoms with Crippen LogP contribution in [0.4, 0.5) is 0 Å². The van der Waals surface area contributed by atoms with Crippen LogP contribution in [0.25, 0.3) is 0 Å². The van der Waals surface area contributed by atoms with Gasteiger partial charge in [0, 0.05) is 26.7 Å². The average molecular weight is 281 g/mol. The number of rotatable bonds is 8. The molecule has 20 heavy (non-hydrogen) atoms. The number of hydrogen-bond donors (Lipinski definition) is 2. The molecule has 0 aromatic rings. The van der Waals surface area contributed by atoms with Gasteiger partial charge >= 0.3 is 0 Å². The van der Waals surface area contributed by atoms with E-state index in [0.29, 0.717) is 6.10 Å². The Morgan fingerprint density at radius 2 is 1.95 bits per heavy atom. The van der Waals surface area contributed by atoms with Crippen molar-refractivity contribution in [2.75, 3.05) is 26.7 Å². The lowest BCUT2D eigenvalue weighted by Crippen LogP contribution is -2.37. The molecule has 0 heterocycles. The summed E-state index contributed by atoms with van der Waals surface area (Å²) in [6.45, 7) is 6.25. The Balaban J connectivity index is 1.97. The zero-order valence-corrected chi connectivity index (χ0v) is 13.0. The van der Waals surface area contributed by atoms with E-state index in [9.17, 15) is 0 Å². The molecule has 0 amide bonds. The standard InChI is InChI=1S/C16H31N3O/c1-3-12-18-16(17-2)19-13-8-9-14-20-15-10-6-4-5-7-11-15/h3,15H,1,4-14H2,2H3,(H2,17,18,19). The maximum absolute atomic E-state index is 5.97. The number of hydrogen-bond acceptors (Lipinski definition) is 2. The molecule has 0 radical (unpaired) electrons. The van der Waals surface area contributed by atoms with Gasteiger partial charge in [0.1, 0.15) is 0 Å². The summed E-state index contributed by atoms with van der Waals surface area (Å²) < 4.78 is 5.97. The Labute approximate surface area is 124 Å². The molecule has 1 fully saturated rings. The summed E-state index contributed by atoms with van der Waals surface area (Å²) in [6.07, 6.45) is 12.6. The number of nitrogens with one attached hydrogen (secondary N) is 2. The van der Waals surface area contributed by atoms with Gasteiger partial charge in [-0.25, -0.2) is 0 Å². The first kappa shape index (κ1) is 17.0. The molecular weight excluding hydrogens is 250 g/mol. The first-order valence-electron chi connectivity index (χ1n) is 8.04. The van der Waals surface area contributed by atoms with Crippen molar-refractivity contribution in [3.05, 3.63) is 12.7 Å². The molecule has 0 spiro atoms. The Morgan fingerprint density at radius 1 is 1.20 bits per heavy atom. The molecule has 0 atom stereocenters. The van der Waals surface area contributed by atoms with E-state index in [-0.39, 0.29) is 0 Å². The number of guanidine groups is 1. The average Bonchev–Trinajstić information content (AvgIpc) is 2.74. The summed E-state index contributed by atoms with van der Waals surface area (Å²) in [4.78, 5) is 4.14. The van der Waals surface area contributed by atoms with Crippen LogP contribution in [0.3, 0.4) is 0 Å². The highest BCUT2D eigenvalue weighted by atomic mass is 16.5. The predicted octanol–water partition coefficient (Wildman–Crippen LogP) is 2.86. The highest BCUT2D eigenvalue weighted by Gasteiger charge is 2.11. The molecule has 0 bridgehead atoms. The van der Waals surface area contributed by atoms with Gasteiger partial charge in [0.2, 0.25) is 0 Å². The van der Waals surface area contributed by atoms with Crippen molar-refractivity contribution in [2.24, 2.45) is 4.99 Å². The van der Waals surface area contributed by atoms with E-state index < -0.39 is 0 Å². The van der Waals surface area contributed by atoms with E-state index in [0.717, 1.165) is 38.5 Å². The summed E-state index contributed by atoms with van der Waals surface area (Å²) in [5.74, 6) is 0.842. The van der Waals surface area contributed by atoms with Crippen LogP contribution in [0.5, 0.6) is 0 Å². The highest BCUT2D eigenvalue weighted by molar-refractivity contribution is 5.79. The van der Waals surface area contributed by atoms with Gasteiger partial charge in [-0.15, -0.1) is 6.58 Å². The number of nitrogens with zero attached hydrogens (tertiary/aromatic N) is 1. The van der Waals surface area contributed by atoms with Crippen molar-refractivity contribution in [1.82, 2.24) is 10.6 Å². The summed E-state index contributed by atoms with van der Waals surface area (Å²) in [5.41, 5.74) is 0. The molecule has 1 aliphatic carbocycles. The fourth-order valence-corrected chi connectivity index (χ4v) is 2.48. The maximum Gasteiger partial charge on any atom is 0.191 e. The van der Waals surface area contributed by atoms with E-state index >= 15 is 0 Å². The van der Waals surface area contributed by atoms with Crippen molar-refractivity contribution >= 4 is 5.96 Å². The number of unbranched alkanes of at least 4 members (excludes halogenated alkanes) is 1. The molecule has 4 nitrogen and oxygen atoms in total. The van der Waals surface area contributed by atoms with Crippen molar-refractivity contribution in [3.8, 4) is 0 Å². The largest absolute Gasteiger partial charge is 0.378 e. The van der Waals surface area contributed by atoms with Crippen LogP contribution < -0.4 is 10.6 Å². The van der Waals surface area contributed by atoms with Gasteiger partial charge in [-0.05, 0) is 25.7 Å². The highest BCUT2D eigenvalue weighted by Crippen LogP contribution is 2.19. The van der Waals surface area contributed by atoms with Crippen molar-refractivity contribution < 1.29 is 4.74 Å². The molecule has 1 saturated carbocycles. The predicted molar refractivity (Wildman–Crippen MR) is 86.2 cm³/mol. The minimum atomic E-state index is 0.521. The van der Waals surface area contributed by atoms with Gasteiger partial charge in [-0.1, -0.05) is 31.8 Å². The Hall–Kier alpha value is -1.03. The summed E-state index contributed by atoms with van der Waals surface area (Å²) in [5, 5.41) is 6.45. The van der Waals surface area contributed by atoms with Crippen molar-refractivity contribution in [2.45, 2.75) is 57.5 Å². The third-order valence-corrected chi connectivity index (χ3v) is 3.66. The van der Waals surface area contributed by atoms with Crippen LogP contribution in [0.2, 0.25) is 0 Å². The van der Waals surface area contributed by atoms with E-state index in [1.54, 1.807) is 7.05 Å². The summed E-state index contributed by atoms with van der Waals surface area (Å²) in [6, 6.07) is 0. The zero-order valence-electron chi connectivity index (χ0n) is 13.0. The molecule has 0 aromatic carbocycles. The lowest BCUT2D eigenvalue weighted by molar-refractivity contribution is 0.0411.